The molecule has 1 unspecified atom stereocenters. The summed E-state index contributed by atoms with van der Waals surface area (Å²) in [6, 6.07) is 5.91. The van der Waals surface area contributed by atoms with Crippen LogP contribution in [0.1, 0.15) is 63.8 Å². The van der Waals surface area contributed by atoms with Crippen LogP contribution >= 0.6 is 0 Å². The number of fused-ring (bicyclic) bond motifs is 1. The molecular weight excluding hydrogens is 383 g/mol. The van der Waals surface area contributed by atoms with Crippen LogP contribution in [0, 0.1) is 29.6 Å². The zero-order chi connectivity index (χ0) is 22.3. The van der Waals surface area contributed by atoms with Gasteiger partial charge in [-0.25, -0.2) is 4.79 Å². The molecule has 0 N–H and O–H groups in total. The molecule has 0 spiro atoms. The monoisotopic (exact) mass is 412 g/mol. The number of benzene rings is 1. The smallest absolute Gasteiger partial charge is 0.367 e. The zero-order valence-electron chi connectivity index (χ0n) is 18.3. The minimum absolute atomic E-state index is 0.318. The molecule has 5 heteroatoms. The van der Waals surface area contributed by atoms with Crippen molar-refractivity contribution in [3.8, 4) is 12.3 Å². The predicted molar refractivity (Wildman–Crippen MR) is 112 cm³/mol. The fourth-order valence-electron chi connectivity index (χ4n) is 4.29. The van der Waals surface area contributed by atoms with Crippen molar-refractivity contribution in [2.75, 3.05) is 0 Å². The molecule has 160 valence electrons. The second kappa shape index (κ2) is 7.91. The highest BCUT2D eigenvalue weighted by Gasteiger charge is 2.62. The standard InChI is InChI=1S/C25H29FO4/c1-7-9-15-10-8-11-17-16(15)12-13-20(17)29-23(28)21-18(25(21,5)6)14-19(26)22(27)30-24(2,3)4/h1,8,10-11,14,18,20-21H,9,12-13H2,2-6H3/t18-,20?,21-/m0/s1. The first kappa shape index (κ1) is 22.1. The van der Waals surface area contributed by atoms with Crippen LogP contribution in [-0.2, 0) is 31.9 Å². The van der Waals surface area contributed by atoms with Gasteiger partial charge in [-0.05, 0) is 67.7 Å². The summed E-state index contributed by atoms with van der Waals surface area (Å²) in [5.74, 6) is -0.582. The van der Waals surface area contributed by atoms with E-state index in [0.717, 1.165) is 23.1 Å². The lowest BCUT2D eigenvalue weighted by Gasteiger charge is -2.18. The Kier molecular flexibility index (Phi) is 5.82. The van der Waals surface area contributed by atoms with Gasteiger partial charge in [-0.2, -0.15) is 4.39 Å². The third-order valence-electron chi connectivity index (χ3n) is 5.95. The van der Waals surface area contributed by atoms with Gasteiger partial charge in [0.25, 0.3) is 0 Å². The summed E-state index contributed by atoms with van der Waals surface area (Å²) in [7, 11) is 0. The van der Waals surface area contributed by atoms with Crippen molar-refractivity contribution in [2.24, 2.45) is 17.3 Å². The molecule has 2 aliphatic rings. The van der Waals surface area contributed by atoms with Crippen LogP contribution in [0.5, 0.6) is 0 Å². The number of hydrogen-bond donors (Lipinski definition) is 0. The lowest BCUT2D eigenvalue weighted by molar-refractivity contribution is -0.153. The second-order valence-corrected chi connectivity index (χ2v) is 9.67. The Balaban J connectivity index is 1.69. The molecule has 0 aliphatic heterocycles. The summed E-state index contributed by atoms with van der Waals surface area (Å²) in [5.41, 5.74) is 2.00. The molecule has 0 amide bonds. The van der Waals surface area contributed by atoms with Gasteiger partial charge in [-0.3, -0.25) is 4.79 Å². The number of ether oxygens (including phenoxy) is 2. The Bertz CT molecular complexity index is 929. The number of rotatable bonds is 5. The fraction of sp³-hybridized carbons (Fsp3) is 0.520. The van der Waals surface area contributed by atoms with E-state index < -0.39 is 34.6 Å². The van der Waals surface area contributed by atoms with E-state index in [4.69, 9.17) is 15.9 Å². The van der Waals surface area contributed by atoms with E-state index in [-0.39, 0.29) is 12.1 Å². The first-order valence-corrected chi connectivity index (χ1v) is 10.3. The van der Waals surface area contributed by atoms with Crippen LogP contribution < -0.4 is 0 Å². The molecule has 30 heavy (non-hydrogen) atoms. The molecule has 1 fully saturated rings. The van der Waals surface area contributed by atoms with E-state index in [9.17, 15) is 14.0 Å². The van der Waals surface area contributed by atoms with Crippen LogP contribution in [0.15, 0.2) is 30.1 Å². The number of esters is 2. The highest BCUT2D eigenvalue weighted by Crippen LogP contribution is 2.60. The van der Waals surface area contributed by atoms with Crippen molar-refractivity contribution in [3.05, 3.63) is 46.8 Å². The molecule has 2 aliphatic carbocycles. The normalized spacial score (nSPS) is 24.6. The molecule has 0 saturated heterocycles. The summed E-state index contributed by atoms with van der Waals surface area (Å²) >= 11 is 0. The minimum Gasteiger partial charge on any atom is -0.457 e. The molecule has 1 aromatic carbocycles. The van der Waals surface area contributed by atoms with Gasteiger partial charge in [0.2, 0.25) is 5.83 Å². The average molecular weight is 413 g/mol. The van der Waals surface area contributed by atoms with E-state index in [1.165, 1.54) is 6.08 Å². The van der Waals surface area contributed by atoms with Crippen LogP contribution in [-0.4, -0.2) is 17.5 Å². The predicted octanol–water partition coefficient (Wildman–Crippen LogP) is 4.86. The summed E-state index contributed by atoms with van der Waals surface area (Å²) in [6.45, 7) is 8.77. The molecule has 3 atom stereocenters. The van der Waals surface area contributed by atoms with E-state index in [1.807, 2.05) is 32.0 Å². The first-order chi connectivity index (χ1) is 14.0. The summed E-state index contributed by atoms with van der Waals surface area (Å²) in [6.07, 6.45) is 8.42. The average Bonchev–Trinajstić information content (AvgIpc) is 2.96. The van der Waals surface area contributed by atoms with E-state index in [0.29, 0.717) is 12.8 Å². The lowest BCUT2D eigenvalue weighted by atomic mass is 10.0. The fourth-order valence-corrected chi connectivity index (χ4v) is 4.29. The van der Waals surface area contributed by atoms with Crippen molar-refractivity contribution in [1.29, 1.82) is 0 Å². The maximum Gasteiger partial charge on any atom is 0.367 e. The van der Waals surface area contributed by atoms with E-state index in [2.05, 4.69) is 5.92 Å². The highest BCUT2D eigenvalue weighted by molar-refractivity contribution is 5.87. The van der Waals surface area contributed by atoms with E-state index >= 15 is 0 Å². The number of halogens is 1. The molecular formula is C25H29FO4. The third kappa shape index (κ3) is 4.43. The van der Waals surface area contributed by atoms with Gasteiger partial charge < -0.3 is 9.47 Å². The number of carbonyl (C=O) groups excluding carboxylic acids is 2. The van der Waals surface area contributed by atoms with Crippen LogP contribution in [0.3, 0.4) is 0 Å². The molecule has 1 aromatic rings. The zero-order valence-corrected chi connectivity index (χ0v) is 18.3. The van der Waals surface area contributed by atoms with Crippen molar-refractivity contribution in [1.82, 2.24) is 0 Å². The Morgan fingerprint density at radius 3 is 2.67 bits per heavy atom. The van der Waals surface area contributed by atoms with Gasteiger partial charge in [0.1, 0.15) is 11.7 Å². The number of terminal acetylenes is 1. The third-order valence-corrected chi connectivity index (χ3v) is 5.95. The van der Waals surface area contributed by atoms with Gasteiger partial charge >= 0.3 is 11.9 Å². The van der Waals surface area contributed by atoms with Gasteiger partial charge in [-0.15, -0.1) is 12.3 Å². The summed E-state index contributed by atoms with van der Waals surface area (Å²) < 4.78 is 25.2. The lowest BCUT2D eigenvalue weighted by Crippen LogP contribution is -2.24. The molecule has 0 aromatic heterocycles. The molecule has 0 heterocycles. The molecule has 3 rings (SSSR count). The maximum atomic E-state index is 14.3. The van der Waals surface area contributed by atoms with Crippen molar-refractivity contribution in [3.63, 3.8) is 0 Å². The Labute approximate surface area is 177 Å². The second-order valence-electron chi connectivity index (χ2n) is 9.67. The molecule has 0 bridgehead atoms. The number of allylic oxidation sites excluding steroid dienone is 1. The van der Waals surface area contributed by atoms with Crippen molar-refractivity contribution >= 4 is 11.9 Å². The molecule has 0 radical (unpaired) electrons. The molecule has 1 saturated carbocycles. The maximum absolute atomic E-state index is 14.3. The van der Waals surface area contributed by atoms with E-state index in [1.54, 1.807) is 20.8 Å². The van der Waals surface area contributed by atoms with Crippen LogP contribution in [0.4, 0.5) is 4.39 Å². The number of carbonyl (C=O) groups is 2. The largest absolute Gasteiger partial charge is 0.457 e. The number of hydrogen-bond acceptors (Lipinski definition) is 4. The van der Waals surface area contributed by atoms with Gasteiger partial charge in [-0.1, -0.05) is 32.0 Å². The Morgan fingerprint density at radius 2 is 2.03 bits per heavy atom. The molecule has 4 nitrogen and oxygen atoms in total. The van der Waals surface area contributed by atoms with Gasteiger partial charge in [0, 0.05) is 6.42 Å². The van der Waals surface area contributed by atoms with Gasteiger partial charge in [0.15, 0.2) is 0 Å². The SMILES string of the molecule is C#CCc1cccc2c1CCC2OC(=O)[C@@H]1[C@H](C=C(F)C(=O)OC(C)(C)C)C1(C)C. The Hall–Kier alpha value is -2.61. The first-order valence-electron chi connectivity index (χ1n) is 10.3. The summed E-state index contributed by atoms with van der Waals surface area (Å²) in [4.78, 5) is 24.8. The van der Waals surface area contributed by atoms with Crippen molar-refractivity contribution in [2.45, 2.75) is 65.6 Å². The quantitative estimate of drug-likeness (QED) is 0.394. The Morgan fingerprint density at radius 1 is 1.33 bits per heavy atom. The van der Waals surface area contributed by atoms with Crippen LogP contribution in [0.25, 0.3) is 0 Å². The topological polar surface area (TPSA) is 52.6 Å². The van der Waals surface area contributed by atoms with Crippen LogP contribution in [0.2, 0.25) is 0 Å². The van der Waals surface area contributed by atoms with Gasteiger partial charge in [0.05, 0.1) is 5.92 Å². The van der Waals surface area contributed by atoms with Crippen molar-refractivity contribution < 1.29 is 23.5 Å². The summed E-state index contributed by atoms with van der Waals surface area (Å²) in [5, 5.41) is 0. The minimum atomic E-state index is -1.01. The highest BCUT2D eigenvalue weighted by atomic mass is 19.1.